The minimum absolute atomic E-state index is 0.00854. The SMILES string of the molecule is CC(C)(C)c1ccc(N2c3ccc4c(c3)N(c3cc5c(c(c3)C(C)(C)c3cc2ccc3C(C)(C)C)C(C)(C)c2ccccc2-5)c2cc(C(C)(C)C)cc3c2B4c2cc4c(cc2N3c2ccc3c(c2)C(C)(C)CCC3(C)C)C(C)(C)CCC4(C)C)cc1. The summed E-state index contributed by atoms with van der Waals surface area (Å²) in [5, 5.41) is 0. The van der Waals surface area contributed by atoms with E-state index in [1.807, 2.05) is 0 Å². The molecule has 0 spiro atoms. The van der Waals surface area contributed by atoms with Crippen molar-refractivity contribution < 1.29 is 0 Å². The molecule has 0 saturated carbocycles. The fourth-order valence-electron chi connectivity index (χ4n) is 17.0. The van der Waals surface area contributed by atoms with Gasteiger partial charge in [-0.2, -0.15) is 0 Å². The second-order valence-corrected chi connectivity index (χ2v) is 34.1. The Hall–Kier alpha value is -6.78. The number of hydrogen-bond acceptors (Lipinski definition) is 3. The lowest BCUT2D eigenvalue weighted by atomic mass is 9.33. The Labute approximate surface area is 517 Å². The molecule has 0 fully saturated rings. The van der Waals surface area contributed by atoms with E-state index in [9.17, 15) is 0 Å². The summed E-state index contributed by atoms with van der Waals surface area (Å²) in [7, 11) is 0. The molecular weight excluding hydrogens is 1040 g/mol. The maximum absolute atomic E-state index is 2.76. The highest BCUT2D eigenvalue weighted by Crippen LogP contribution is 2.59. The number of nitrogens with zero attached hydrogens (tertiary/aromatic N) is 3. The lowest BCUT2D eigenvalue weighted by molar-refractivity contribution is 0.332. The predicted octanol–water partition coefficient (Wildman–Crippen LogP) is 20.8. The smallest absolute Gasteiger partial charge is 0.252 e. The summed E-state index contributed by atoms with van der Waals surface area (Å²) >= 11 is 0. The molecule has 440 valence electrons. The highest BCUT2D eigenvalue weighted by molar-refractivity contribution is 7.00. The highest BCUT2D eigenvalue weighted by Gasteiger charge is 2.50. The van der Waals surface area contributed by atoms with Gasteiger partial charge in [0.05, 0.1) is 0 Å². The van der Waals surface area contributed by atoms with Crippen molar-refractivity contribution in [2.75, 3.05) is 14.7 Å². The second kappa shape index (κ2) is 17.9. The normalized spacial score (nSPS) is 19.3. The molecule has 0 unspecified atom stereocenters. The van der Waals surface area contributed by atoms with Crippen LogP contribution >= 0.6 is 0 Å². The van der Waals surface area contributed by atoms with Crippen molar-refractivity contribution in [1.29, 1.82) is 0 Å². The van der Waals surface area contributed by atoms with Crippen molar-refractivity contribution in [2.24, 2.45) is 0 Å². The lowest BCUT2D eigenvalue weighted by Crippen LogP contribution is -2.62. The number of rotatable bonds is 2. The fraction of sp³-hybridized carbons (Fsp3) is 0.415. The van der Waals surface area contributed by atoms with E-state index in [1.54, 1.807) is 0 Å². The molecule has 0 atom stereocenters. The second-order valence-electron chi connectivity index (χ2n) is 34.1. The molecule has 3 aliphatic carbocycles. The Morgan fingerprint density at radius 3 is 1.43 bits per heavy atom. The third-order valence-corrected chi connectivity index (χ3v) is 22.5. The first-order chi connectivity index (χ1) is 40.0. The van der Waals surface area contributed by atoms with Crippen LogP contribution in [0, 0.1) is 0 Å². The minimum atomic E-state index is -0.440. The van der Waals surface area contributed by atoms with E-state index in [0.717, 1.165) is 30.6 Å². The van der Waals surface area contributed by atoms with Crippen LogP contribution in [0.25, 0.3) is 11.1 Å². The van der Waals surface area contributed by atoms with Crippen molar-refractivity contribution in [3.05, 3.63) is 201 Å². The molecule has 8 aromatic rings. The maximum atomic E-state index is 2.76. The summed E-state index contributed by atoms with van der Waals surface area (Å²) in [5.74, 6) is 0. The molecule has 14 rings (SSSR count). The number of hydrogen-bond donors (Lipinski definition) is 0. The van der Waals surface area contributed by atoms with Gasteiger partial charge < -0.3 is 14.7 Å². The first-order valence-corrected chi connectivity index (χ1v) is 32.6. The first-order valence-electron chi connectivity index (χ1n) is 32.6. The molecule has 4 heteroatoms. The van der Waals surface area contributed by atoms with Crippen molar-refractivity contribution in [1.82, 2.24) is 0 Å². The molecule has 8 aromatic carbocycles. The van der Waals surface area contributed by atoms with Crippen LogP contribution in [0.3, 0.4) is 0 Å². The average molecular weight is 1130 g/mol. The minimum Gasteiger partial charge on any atom is -0.311 e. The van der Waals surface area contributed by atoms with E-state index < -0.39 is 5.41 Å². The Kier molecular flexibility index (Phi) is 11.9. The summed E-state index contributed by atoms with van der Waals surface area (Å²) in [4.78, 5) is 8.08. The lowest BCUT2D eigenvalue weighted by Gasteiger charge is -2.48. The van der Waals surface area contributed by atoms with Crippen LogP contribution in [0.5, 0.6) is 0 Å². The topological polar surface area (TPSA) is 9.72 Å². The van der Waals surface area contributed by atoms with Gasteiger partial charge in [-0.05, 0) is 231 Å². The van der Waals surface area contributed by atoms with Crippen molar-refractivity contribution in [2.45, 2.75) is 220 Å². The third-order valence-electron chi connectivity index (χ3n) is 22.5. The standard InChI is InChI=1S/C82H94BN3/c1-74(2,3)49-26-28-51(29-27-49)84-52-30-33-59(76(7,8)9)64(44-52)81(18,19)65-45-55(42-57-56-24-22-23-25-58(56)82(20,21)72(57)65)86-68-46-54(84)32-35-66(68)83-67-47-62-63(80(16,17)39-38-79(62,14)15)48-69(67)85(70-40-50(75(4,5)6)41-71(86)73(70)83)53-31-34-60-61(43-53)78(12,13)37-36-77(60,10)11/h22-35,40-48H,36-39H2,1-21H3. The molecule has 6 aliphatic rings. The number of benzene rings is 8. The van der Waals surface area contributed by atoms with Gasteiger partial charge in [-0.15, -0.1) is 0 Å². The van der Waals surface area contributed by atoms with Crippen LogP contribution in [0.1, 0.15) is 232 Å². The van der Waals surface area contributed by atoms with Crippen molar-refractivity contribution in [3.63, 3.8) is 0 Å². The third kappa shape index (κ3) is 8.25. The van der Waals surface area contributed by atoms with Crippen molar-refractivity contribution >= 4 is 74.3 Å². The molecule has 3 nitrogen and oxygen atoms in total. The maximum Gasteiger partial charge on any atom is 0.252 e. The first kappa shape index (κ1) is 57.0. The Balaban J connectivity index is 1.15. The highest BCUT2D eigenvalue weighted by atomic mass is 15.2. The molecule has 3 aliphatic heterocycles. The van der Waals surface area contributed by atoms with Gasteiger partial charge in [0.1, 0.15) is 0 Å². The molecule has 0 N–H and O–H groups in total. The summed E-state index contributed by atoms with van der Waals surface area (Å²) in [6, 6.07) is 57.4. The van der Waals surface area contributed by atoms with E-state index in [0.29, 0.717) is 0 Å². The predicted molar refractivity (Wildman–Crippen MR) is 372 cm³/mol. The van der Waals surface area contributed by atoms with Crippen molar-refractivity contribution in [3.8, 4) is 11.1 Å². The Bertz CT molecular complexity index is 4190. The van der Waals surface area contributed by atoms with Gasteiger partial charge in [-0.25, -0.2) is 0 Å². The molecular formula is C82H94BN3. The fourth-order valence-corrected chi connectivity index (χ4v) is 17.0. The van der Waals surface area contributed by atoms with Gasteiger partial charge >= 0.3 is 0 Å². The Morgan fingerprint density at radius 1 is 0.326 bits per heavy atom. The van der Waals surface area contributed by atoms with Gasteiger partial charge in [0.25, 0.3) is 6.71 Å². The van der Waals surface area contributed by atoms with Crippen LogP contribution in [-0.2, 0) is 48.7 Å². The van der Waals surface area contributed by atoms with Crippen LogP contribution in [0.15, 0.2) is 140 Å². The quantitative estimate of drug-likeness (QED) is 0.160. The molecule has 3 heterocycles. The van der Waals surface area contributed by atoms with Crippen LogP contribution in [-0.4, -0.2) is 6.71 Å². The van der Waals surface area contributed by atoms with E-state index in [2.05, 4.69) is 300 Å². The number of anilines is 9. The van der Waals surface area contributed by atoms with Crippen LogP contribution in [0.4, 0.5) is 51.2 Å². The van der Waals surface area contributed by atoms with E-state index in [-0.39, 0.29) is 50.0 Å². The summed E-state index contributed by atoms with van der Waals surface area (Å²) in [5.41, 5.74) is 32.7. The van der Waals surface area contributed by atoms with E-state index in [1.165, 1.54) is 135 Å². The molecule has 0 aromatic heterocycles. The van der Waals surface area contributed by atoms with Crippen LogP contribution < -0.4 is 31.1 Å². The largest absolute Gasteiger partial charge is 0.311 e. The van der Waals surface area contributed by atoms with Gasteiger partial charge in [0.2, 0.25) is 0 Å². The zero-order valence-corrected chi connectivity index (χ0v) is 56.0. The molecule has 6 bridgehead atoms. The molecule has 0 saturated heterocycles. The number of fused-ring (bicyclic) bond motifs is 16. The van der Waals surface area contributed by atoms with E-state index in [4.69, 9.17) is 0 Å². The zero-order valence-electron chi connectivity index (χ0n) is 56.0. The summed E-state index contributed by atoms with van der Waals surface area (Å²) < 4.78 is 0. The zero-order chi connectivity index (χ0) is 61.3. The van der Waals surface area contributed by atoms with Gasteiger partial charge in [-0.1, -0.05) is 206 Å². The van der Waals surface area contributed by atoms with Gasteiger partial charge in [0, 0.05) is 62.0 Å². The summed E-state index contributed by atoms with van der Waals surface area (Å²) in [6.07, 6.45) is 4.66. The molecule has 0 amide bonds. The Morgan fingerprint density at radius 2 is 0.814 bits per heavy atom. The van der Waals surface area contributed by atoms with Gasteiger partial charge in [0.15, 0.2) is 0 Å². The average Bonchev–Trinajstić information content (AvgIpc) is 0.958. The van der Waals surface area contributed by atoms with E-state index >= 15 is 0 Å². The molecule has 86 heavy (non-hydrogen) atoms. The monoisotopic (exact) mass is 1130 g/mol. The molecule has 0 radical (unpaired) electrons. The van der Waals surface area contributed by atoms with Gasteiger partial charge in [-0.3, -0.25) is 0 Å². The summed E-state index contributed by atoms with van der Waals surface area (Å²) in [6.45, 7) is 51.4. The van der Waals surface area contributed by atoms with Crippen LogP contribution in [0.2, 0.25) is 0 Å².